The molecule has 20 heavy (non-hydrogen) atoms. The fourth-order valence-corrected chi connectivity index (χ4v) is 2.51. The number of furan rings is 1. The minimum Gasteiger partial charge on any atom is -0.452 e. The van der Waals surface area contributed by atoms with Crippen LogP contribution in [-0.2, 0) is 0 Å². The van der Waals surface area contributed by atoms with Crippen molar-refractivity contribution in [2.75, 3.05) is 0 Å². The Balaban J connectivity index is 2.26. The third-order valence-electron chi connectivity index (χ3n) is 3.86. The number of fused-ring (bicyclic) bond motifs is 1. The minimum absolute atomic E-state index is 0.111. The van der Waals surface area contributed by atoms with Crippen LogP contribution in [0.3, 0.4) is 0 Å². The molecule has 1 aromatic carbocycles. The van der Waals surface area contributed by atoms with E-state index in [1.807, 2.05) is 37.3 Å². The molecule has 3 rings (SSSR count). The Morgan fingerprint density at radius 1 is 0.800 bits per heavy atom. The molecule has 0 spiro atoms. The van der Waals surface area contributed by atoms with E-state index in [-0.39, 0.29) is 17.3 Å². The van der Waals surface area contributed by atoms with Gasteiger partial charge in [0.15, 0.2) is 11.5 Å². The highest BCUT2D eigenvalue weighted by Gasteiger charge is 2.34. The van der Waals surface area contributed by atoms with Crippen molar-refractivity contribution < 1.29 is 14.0 Å². The van der Waals surface area contributed by atoms with Crippen LogP contribution in [0.1, 0.15) is 40.3 Å². The molecule has 0 unspecified atom stereocenters. The van der Waals surface area contributed by atoms with Gasteiger partial charge in [0.1, 0.15) is 5.76 Å². The minimum atomic E-state index is -0.192. The number of carbonyl (C=O) groups is 2. The van der Waals surface area contributed by atoms with Gasteiger partial charge >= 0.3 is 0 Å². The molecule has 0 saturated heterocycles. The van der Waals surface area contributed by atoms with Gasteiger partial charge in [-0.2, -0.15) is 0 Å². The number of Topliss-reactive ketones (excluding diaryl/α,β-unsaturated/α-hetero) is 2. The van der Waals surface area contributed by atoms with Crippen LogP contribution in [0.4, 0.5) is 0 Å². The third-order valence-corrected chi connectivity index (χ3v) is 3.86. The maximum atomic E-state index is 12.4. The van der Waals surface area contributed by atoms with E-state index in [1.54, 1.807) is 13.8 Å². The van der Waals surface area contributed by atoms with E-state index in [1.165, 1.54) is 0 Å². The number of carbonyl (C=O) groups excluding carboxylic acids is 2. The molecule has 3 heteroatoms. The van der Waals surface area contributed by atoms with Gasteiger partial charge in [0, 0.05) is 22.3 Å². The summed E-state index contributed by atoms with van der Waals surface area (Å²) in [7, 11) is 0. The van der Waals surface area contributed by atoms with Crippen LogP contribution >= 0.6 is 0 Å². The van der Waals surface area contributed by atoms with Crippen molar-refractivity contribution in [2.24, 2.45) is 0 Å². The quantitative estimate of drug-likeness (QED) is 0.784. The maximum absolute atomic E-state index is 12.4. The van der Waals surface area contributed by atoms with Gasteiger partial charge < -0.3 is 4.42 Å². The predicted molar refractivity (Wildman–Crippen MR) is 75.9 cm³/mol. The first kappa shape index (κ1) is 12.6. The molecule has 0 amide bonds. The summed E-state index contributed by atoms with van der Waals surface area (Å²) in [5.74, 6) is 0.470. The van der Waals surface area contributed by atoms with Crippen LogP contribution in [0.25, 0.3) is 11.3 Å². The van der Waals surface area contributed by atoms with Gasteiger partial charge in [0.05, 0.1) is 5.56 Å². The van der Waals surface area contributed by atoms with Gasteiger partial charge in [0.25, 0.3) is 0 Å². The van der Waals surface area contributed by atoms with E-state index in [0.717, 1.165) is 11.1 Å². The van der Waals surface area contributed by atoms with E-state index in [9.17, 15) is 9.59 Å². The molecule has 2 aromatic rings. The van der Waals surface area contributed by atoms with Crippen LogP contribution in [0, 0.1) is 6.92 Å². The number of hydrogen-bond donors (Lipinski definition) is 0. The van der Waals surface area contributed by atoms with Crippen molar-refractivity contribution in [2.45, 2.75) is 20.8 Å². The third kappa shape index (κ3) is 1.59. The first-order valence-electron chi connectivity index (χ1n) is 6.48. The van der Waals surface area contributed by atoms with Crippen molar-refractivity contribution in [3.05, 3.63) is 58.4 Å². The molecule has 100 valence electrons. The molecule has 0 radical (unpaired) electrons. The normalized spacial score (nSPS) is 14.8. The number of rotatable bonds is 1. The molecule has 1 aliphatic rings. The second kappa shape index (κ2) is 4.30. The number of allylic oxidation sites excluding steroid dienone is 2. The SMILES string of the molecule is CC1=C(C)C(=O)c2c(oc(-c3ccccc3)c2C)C1=O. The van der Waals surface area contributed by atoms with E-state index < -0.39 is 0 Å². The van der Waals surface area contributed by atoms with E-state index >= 15 is 0 Å². The highest BCUT2D eigenvalue weighted by molar-refractivity contribution is 6.26. The second-order valence-electron chi connectivity index (χ2n) is 5.03. The number of hydrogen-bond acceptors (Lipinski definition) is 3. The lowest BCUT2D eigenvalue weighted by Gasteiger charge is -2.11. The molecule has 0 saturated carbocycles. The van der Waals surface area contributed by atoms with Crippen LogP contribution in [0.15, 0.2) is 45.9 Å². The lowest BCUT2D eigenvalue weighted by atomic mass is 9.88. The molecule has 1 aromatic heterocycles. The maximum Gasteiger partial charge on any atom is 0.225 e. The Labute approximate surface area is 116 Å². The molecule has 1 heterocycles. The molecule has 1 aliphatic carbocycles. The summed E-state index contributed by atoms with van der Waals surface area (Å²) in [6, 6.07) is 9.51. The van der Waals surface area contributed by atoms with Crippen LogP contribution < -0.4 is 0 Å². The molecular formula is C17H14O3. The topological polar surface area (TPSA) is 47.3 Å². The predicted octanol–water partition coefficient (Wildman–Crippen LogP) is 3.97. The molecular weight excluding hydrogens is 252 g/mol. The second-order valence-corrected chi connectivity index (χ2v) is 5.03. The highest BCUT2D eigenvalue weighted by atomic mass is 16.4. The average molecular weight is 266 g/mol. The molecule has 0 aliphatic heterocycles. The first-order valence-corrected chi connectivity index (χ1v) is 6.48. The van der Waals surface area contributed by atoms with Crippen molar-refractivity contribution in [1.82, 2.24) is 0 Å². The van der Waals surface area contributed by atoms with Crippen molar-refractivity contribution in [3.8, 4) is 11.3 Å². The van der Waals surface area contributed by atoms with Crippen molar-refractivity contribution in [1.29, 1.82) is 0 Å². The van der Waals surface area contributed by atoms with E-state index in [0.29, 0.717) is 22.5 Å². The highest BCUT2D eigenvalue weighted by Crippen LogP contribution is 2.36. The van der Waals surface area contributed by atoms with Crippen molar-refractivity contribution in [3.63, 3.8) is 0 Å². The summed E-state index contributed by atoms with van der Waals surface area (Å²) in [6.45, 7) is 5.18. The Morgan fingerprint density at radius 3 is 2.05 bits per heavy atom. The summed E-state index contributed by atoms with van der Waals surface area (Å²) < 4.78 is 5.72. The monoisotopic (exact) mass is 266 g/mol. The molecule has 0 N–H and O–H groups in total. The molecule has 3 nitrogen and oxygen atoms in total. The Morgan fingerprint density at radius 2 is 1.40 bits per heavy atom. The van der Waals surface area contributed by atoms with Gasteiger partial charge in [-0.3, -0.25) is 9.59 Å². The molecule has 0 atom stereocenters. The first-order chi connectivity index (χ1) is 9.52. The number of benzene rings is 1. The summed E-state index contributed by atoms with van der Waals surface area (Å²) >= 11 is 0. The van der Waals surface area contributed by atoms with Crippen LogP contribution in [0.5, 0.6) is 0 Å². The number of ketones is 2. The van der Waals surface area contributed by atoms with Gasteiger partial charge in [-0.1, -0.05) is 30.3 Å². The summed E-state index contributed by atoms with van der Waals surface area (Å²) in [4.78, 5) is 24.6. The van der Waals surface area contributed by atoms with Crippen LogP contribution in [-0.4, -0.2) is 11.6 Å². The molecule has 0 fully saturated rings. The van der Waals surface area contributed by atoms with Crippen LogP contribution in [0.2, 0.25) is 0 Å². The van der Waals surface area contributed by atoms with E-state index in [4.69, 9.17) is 4.42 Å². The molecule has 0 bridgehead atoms. The summed E-state index contributed by atoms with van der Waals surface area (Å²) in [6.07, 6.45) is 0. The Bertz CT molecular complexity index is 761. The zero-order chi connectivity index (χ0) is 14.4. The largest absolute Gasteiger partial charge is 0.452 e. The van der Waals surface area contributed by atoms with Gasteiger partial charge in [-0.15, -0.1) is 0 Å². The van der Waals surface area contributed by atoms with Crippen molar-refractivity contribution >= 4 is 11.6 Å². The Kier molecular flexibility index (Phi) is 2.71. The van der Waals surface area contributed by atoms with E-state index in [2.05, 4.69) is 0 Å². The van der Waals surface area contributed by atoms with Gasteiger partial charge in [-0.05, 0) is 20.8 Å². The smallest absolute Gasteiger partial charge is 0.225 e. The zero-order valence-corrected chi connectivity index (χ0v) is 11.6. The average Bonchev–Trinajstić information content (AvgIpc) is 2.81. The lowest BCUT2D eigenvalue weighted by molar-refractivity contribution is 0.0956. The fraction of sp³-hybridized carbons (Fsp3) is 0.176. The summed E-state index contributed by atoms with van der Waals surface area (Å²) in [5.41, 5.74) is 2.99. The zero-order valence-electron chi connectivity index (χ0n) is 11.6. The fourth-order valence-electron chi connectivity index (χ4n) is 2.51. The van der Waals surface area contributed by atoms with Gasteiger partial charge in [0.2, 0.25) is 5.78 Å². The van der Waals surface area contributed by atoms with Gasteiger partial charge in [-0.25, -0.2) is 0 Å². The Hall–Kier alpha value is -2.42. The standard InChI is InChI=1S/C17H14O3/c1-9-10(2)15(19)17-13(14(9)18)11(3)16(20-17)12-7-5-4-6-8-12/h4-8H,1-3H3. The lowest BCUT2D eigenvalue weighted by Crippen LogP contribution is -2.18. The summed E-state index contributed by atoms with van der Waals surface area (Å²) in [5, 5.41) is 0.